The van der Waals surface area contributed by atoms with Crippen LogP contribution in [0.5, 0.6) is 0 Å². The number of carbonyl (C=O) groups is 1. The van der Waals surface area contributed by atoms with Crippen molar-refractivity contribution >= 4 is 16.0 Å². The van der Waals surface area contributed by atoms with Gasteiger partial charge in [-0.05, 0) is 19.1 Å². The molecule has 1 aromatic rings. The van der Waals surface area contributed by atoms with Crippen LogP contribution in [0.15, 0.2) is 29.2 Å². The molecule has 1 aromatic carbocycles. The summed E-state index contributed by atoms with van der Waals surface area (Å²) in [6, 6.07) is 6.71. The molecule has 0 aromatic heterocycles. The van der Waals surface area contributed by atoms with E-state index < -0.39 is 22.1 Å². The van der Waals surface area contributed by atoms with Crippen molar-refractivity contribution < 1.29 is 22.7 Å². The van der Waals surface area contributed by atoms with Crippen molar-refractivity contribution in [3.63, 3.8) is 0 Å². The lowest BCUT2D eigenvalue weighted by atomic mass is 10.2. The monoisotopic (exact) mass is 313 g/mol. The minimum Gasteiger partial charge on any atom is -0.469 e. The van der Waals surface area contributed by atoms with E-state index in [4.69, 9.17) is 4.74 Å². The highest BCUT2D eigenvalue weighted by Gasteiger charge is 2.31. The first kappa shape index (κ1) is 15.9. The summed E-state index contributed by atoms with van der Waals surface area (Å²) in [5, 5.41) is 0. The fourth-order valence-corrected chi connectivity index (χ4v) is 3.62. The predicted molar refractivity (Wildman–Crippen MR) is 76.3 cm³/mol. The number of hydrogen-bond acceptors (Lipinski definition) is 5. The Bertz CT molecular complexity index is 596. The van der Waals surface area contributed by atoms with Gasteiger partial charge in [-0.15, -0.1) is 0 Å². The molecular formula is C14H19NO5S. The van der Waals surface area contributed by atoms with E-state index in [0.29, 0.717) is 0 Å². The molecule has 1 aliphatic heterocycles. The quantitative estimate of drug-likeness (QED) is 0.774. The summed E-state index contributed by atoms with van der Waals surface area (Å²) in [7, 11) is -2.26. The van der Waals surface area contributed by atoms with E-state index in [0.717, 1.165) is 5.56 Å². The number of nitrogens with zero attached hydrogens (tertiary/aromatic N) is 1. The summed E-state index contributed by atoms with van der Waals surface area (Å²) in [4.78, 5) is 11.5. The van der Waals surface area contributed by atoms with E-state index in [1.807, 2.05) is 6.92 Å². The molecule has 1 unspecified atom stereocenters. The van der Waals surface area contributed by atoms with Gasteiger partial charge in [0.05, 0.1) is 31.1 Å². The summed E-state index contributed by atoms with van der Waals surface area (Å²) in [5.41, 5.74) is 1.000. The predicted octanol–water partition coefficient (Wildman–Crippen LogP) is 0.948. The van der Waals surface area contributed by atoms with Crippen molar-refractivity contribution in [2.24, 2.45) is 0 Å². The van der Waals surface area contributed by atoms with E-state index in [9.17, 15) is 13.2 Å². The van der Waals surface area contributed by atoms with Crippen molar-refractivity contribution in [2.45, 2.75) is 24.3 Å². The van der Waals surface area contributed by atoms with Gasteiger partial charge in [0, 0.05) is 13.1 Å². The van der Waals surface area contributed by atoms with Crippen molar-refractivity contribution in [3.05, 3.63) is 29.8 Å². The second-order valence-corrected chi connectivity index (χ2v) is 6.89. The highest BCUT2D eigenvalue weighted by Crippen LogP contribution is 2.20. The van der Waals surface area contributed by atoms with Crippen LogP contribution >= 0.6 is 0 Å². The summed E-state index contributed by atoms with van der Waals surface area (Å²) in [6.45, 7) is 2.61. The maximum Gasteiger partial charge on any atom is 0.308 e. The molecule has 0 radical (unpaired) electrons. The van der Waals surface area contributed by atoms with Crippen LogP contribution in [0, 0.1) is 6.92 Å². The largest absolute Gasteiger partial charge is 0.469 e. The molecular weight excluding hydrogens is 294 g/mol. The zero-order chi connectivity index (χ0) is 15.5. The lowest BCUT2D eigenvalue weighted by molar-refractivity contribution is -0.145. The Morgan fingerprint density at radius 3 is 2.67 bits per heavy atom. The molecule has 116 valence electrons. The molecule has 1 saturated heterocycles. The minimum atomic E-state index is -3.55. The SMILES string of the molecule is COC(=O)CC1CN(S(=O)(=O)c2ccc(C)cc2)CCO1. The third-order valence-corrected chi connectivity index (χ3v) is 5.26. The molecule has 2 rings (SSSR count). The Hall–Kier alpha value is -1.44. The van der Waals surface area contributed by atoms with Gasteiger partial charge in [0.15, 0.2) is 0 Å². The van der Waals surface area contributed by atoms with Crippen molar-refractivity contribution in [1.82, 2.24) is 4.31 Å². The third-order valence-electron chi connectivity index (χ3n) is 3.38. The van der Waals surface area contributed by atoms with Crippen LogP contribution in [0.3, 0.4) is 0 Å². The normalized spacial score (nSPS) is 20.2. The van der Waals surface area contributed by atoms with Gasteiger partial charge < -0.3 is 9.47 Å². The Balaban J connectivity index is 2.12. The lowest BCUT2D eigenvalue weighted by Crippen LogP contribution is -2.46. The molecule has 1 heterocycles. The number of methoxy groups -OCH3 is 1. The van der Waals surface area contributed by atoms with E-state index in [2.05, 4.69) is 4.74 Å². The maximum absolute atomic E-state index is 12.6. The number of morpholine rings is 1. The number of esters is 1. The fraction of sp³-hybridized carbons (Fsp3) is 0.500. The van der Waals surface area contributed by atoms with Crippen molar-refractivity contribution in [2.75, 3.05) is 26.8 Å². The van der Waals surface area contributed by atoms with Gasteiger partial charge in [-0.1, -0.05) is 17.7 Å². The second kappa shape index (κ2) is 6.55. The first-order valence-corrected chi connectivity index (χ1v) is 8.12. The molecule has 7 heteroatoms. The van der Waals surface area contributed by atoms with Crippen LogP contribution < -0.4 is 0 Å². The molecule has 21 heavy (non-hydrogen) atoms. The highest BCUT2D eigenvalue weighted by molar-refractivity contribution is 7.89. The highest BCUT2D eigenvalue weighted by atomic mass is 32.2. The molecule has 0 amide bonds. The average molecular weight is 313 g/mol. The van der Waals surface area contributed by atoms with Gasteiger partial charge in [-0.2, -0.15) is 4.31 Å². The number of sulfonamides is 1. The molecule has 1 fully saturated rings. The number of ether oxygens (including phenoxy) is 2. The van der Waals surface area contributed by atoms with E-state index in [1.54, 1.807) is 24.3 Å². The summed E-state index contributed by atoms with van der Waals surface area (Å²) >= 11 is 0. The molecule has 0 bridgehead atoms. The first-order valence-electron chi connectivity index (χ1n) is 6.68. The molecule has 0 spiro atoms. The third kappa shape index (κ3) is 3.81. The molecule has 0 aliphatic carbocycles. The Labute approximate surface area is 124 Å². The summed E-state index contributed by atoms with van der Waals surface area (Å²) < 4.78 is 36.5. The van der Waals surface area contributed by atoms with E-state index in [-0.39, 0.29) is 31.0 Å². The fourth-order valence-electron chi connectivity index (χ4n) is 2.16. The summed E-state index contributed by atoms with van der Waals surface area (Å²) in [6.07, 6.45) is -0.414. The topological polar surface area (TPSA) is 72.9 Å². The van der Waals surface area contributed by atoms with Gasteiger partial charge in [0.25, 0.3) is 0 Å². The zero-order valence-electron chi connectivity index (χ0n) is 12.1. The number of aryl methyl sites for hydroxylation is 1. The molecule has 1 aliphatic rings. The zero-order valence-corrected chi connectivity index (χ0v) is 12.9. The van der Waals surface area contributed by atoms with Crippen LogP contribution in [0.1, 0.15) is 12.0 Å². The minimum absolute atomic E-state index is 0.0520. The molecule has 0 N–H and O–H groups in total. The smallest absolute Gasteiger partial charge is 0.308 e. The van der Waals surface area contributed by atoms with Crippen molar-refractivity contribution in [1.29, 1.82) is 0 Å². The van der Waals surface area contributed by atoms with Crippen LogP contribution in [-0.2, 0) is 24.3 Å². The van der Waals surface area contributed by atoms with E-state index >= 15 is 0 Å². The number of carbonyl (C=O) groups excluding carboxylic acids is 1. The second-order valence-electron chi connectivity index (χ2n) is 4.95. The van der Waals surface area contributed by atoms with Crippen LogP contribution in [-0.4, -0.2) is 51.6 Å². The van der Waals surface area contributed by atoms with Gasteiger partial charge in [-0.25, -0.2) is 8.42 Å². The van der Waals surface area contributed by atoms with Crippen LogP contribution in [0.2, 0.25) is 0 Å². The lowest BCUT2D eigenvalue weighted by Gasteiger charge is -2.31. The number of hydrogen-bond donors (Lipinski definition) is 0. The standard InChI is InChI=1S/C14H19NO5S/c1-11-3-5-13(6-4-11)21(17,18)15-7-8-20-12(10-15)9-14(16)19-2/h3-6,12H,7-10H2,1-2H3. The molecule has 0 saturated carbocycles. The number of rotatable bonds is 4. The summed E-state index contributed by atoms with van der Waals surface area (Å²) in [5.74, 6) is -0.408. The Kier molecular flexibility index (Phi) is 4.97. The number of benzene rings is 1. The van der Waals surface area contributed by atoms with Gasteiger partial charge in [-0.3, -0.25) is 4.79 Å². The van der Waals surface area contributed by atoms with Crippen LogP contribution in [0.25, 0.3) is 0 Å². The Morgan fingerprint density at radius 1 is 1.38 bits per heavy atom. The van der Waals surface area contributed by atoms with Crippen LogP contribution in [0.4, 0.5) is 0 Å². The Morgan fingerprint density at radius 2 is 2.05 bits per heavy atom. The van der Waals surface area contributed by atoms with Gasteiger partial charge >= 0.3 is 5.97 Å². The van der Waals surface area contributed by atoms with Crippen molar-refractivity contribution in [3.8, 4) is 0 Å². The van der Waals surface area contributed by atoms with E-state index in [1.165, 1.54) is 11.4 Å². The first-order chi connectivity index (χ1) is 9.93. The maximum atomic E-state index is 12.6. The molecule has 6 nitrogen and oxygen atoms in total. The molecule has 1 atom stereocenters. The van der Waals surface area contributed by atoms with Gasteiger partial charge in [0.1, 0.15) is 0 Å². The van der Waals surface area contributed by atoms with Gasteiger partial charge in [0.2, 0.25) is 10.0 Å². The average Bonchev–Trinajstić information content (AvgIpc) is 2.48.